The van der Waals surface area contributed by atoms with Gasteiger partial charge in [-0.15, -0.1) is 10.2 Å². The van der Waals surface area contributed by atoms with E-state index in [0.29, 0.717) is 17.8 Å². The van der Waals surface area contributed by atoms with Crippen molar-refractivity contribution in [3.63, 3.8) is 0 Å². The van der Waals surface area contributed by atoms with Crippen LogP contribution in [0.5, 0.6) is 0 Å². The summed E-state index contributed by atoms with van der Waals surface area (Å²) in [6.07, 6.45) is 6.46. The second kappa shape index (κ2) is 4.44. The van der Waals surface area contributed by atoms with E-state index < -0.39 is 0 Å². The van der Waals surface area contributed by atoms with Crippen molar-refractivity contribution < 1.29 is 0 Å². The van der Waals surface area contributed by atoms with Gasteiger partial charge in [-0.25, -0.2) is 9.97 Å². The molecule has 0 radical (unpaired) electrons. The molecule has 2 aliphatic rings. The van der Waals surface area contributed by atoms with Crippen LogP contribution in [0.25, 0.3) is 0 Å². The van der Waals surface area contributed by atoms with Crippen LogP contribution in [0.2, 0.25) is 0 Å². The van der Waals surface area contributed by atoms with E-state index in [0.717, 1.165) is 21.6 Å². The fraction of sp³-hybridized carbons (Fsp3) is 0.538. The molecule has 0 unspecified atom stereocenters. The number of nitrogens with zero attached hydrogens (tertiary/aromatic N) is 5. The minimum Gasteiger partial charge on any atom is -0.383 e. The van der Waals surface area contributed by atoms with Crippen LogP contribution >= 0.6 is 11.8 Å². The van der Waals surface area contributed by atoms with Crippen molar-refractivity contribution in [1.82, 2.24) is 24.7 Å². The molecule has 2 aromatic heterocycles. The molecule has 0 bridgehead atoms. The van der Waals surface area contributed by atoms with E-state index in [9.17, 15) is 0 Å². The molecule has 6 nitrogen and oxygen atoms in total. The Hall–Kier alpha value is -1.63. The summed E-state index contributed by atoms with van der Waals surface area (Å²) in [6, 6.07) is 0.586. The van der Waals surface area contributed by atoms with Crippen LogP contribution in [0.1, 0.15) is 49.0 Å². The Morgan fingerprint density at radius 2 is 2.00 bits per heavy atom. The molecule has 2 aliphatic carbocycles. The summed E-state index contributed by atoms with van der Waals surface area (Å²) in [5.41, 5.74) is 6.75. The van der Waals surface area contributed by atoms with Crippen LogP contribution in [0.4, 0.5) is 5.82 Å². The van der Waals surface area contributed by atoms with E-state index in [2.05, 4.69) is 24.7 Å². The van der Waals surface area contributed by atoms with Gasteiger partial charge in [0.05, 0.1) is 0 Å². The van der Waals surface area contributed by atoms with Gasteiger partial charge in [0.15, 0.2) is 5.16 Å². The molecule has 7 heteroatoms. The molecule has 20 heavy (non-hydrogen) atoms. The zero-order valence-electron chi connectivity index (χ0n) is 11.3. The molecule has 4 rings (SSSR count). The van der Waals surface area contributed by atoms with Crippen LogP contribution in [-0.2, 0) is 0 Å². The highest BCUT2D eigenvalue weighted by molar-refractivity contribution is 7.99. The highest BCUT2D eigenvalue weighted by Gasteiger charge is 2.36. The number of anilines is 1. The molecule has 0 aromatic carbocycles. The third-order valence-electron chi connectivity index (χ3n) is 3.81. The van der Waals surface area contributed by atoms with Gasteiger partial charge in [-0.3, -0.25) is 0 Å². The third kappa shape index (κ3) is 2.06. The van der Waals surface area contributed by atoms with Gasteiger partial charge in [0.25, 0.3) is 0 Å². The highest BCUT2D eigenvalue weighted by Crippen LogP contribution is 2.46. The van der Waals surface area contributed by atoms with Crippen LogP contribution in [0, 0.1) is 6.92 Å². The Morgan fingerprint density at radius 3 is 2.70 bits per heavy atom. The van der Waals surface area contributed by atoms with Gasteiger partial charge in [-0.05, 0) is 44.4 Å². The van der Waals surface area contributed by atoms with E-state index in [1.165, 1.54) is 32.0 Å². The smallest absolute Gasteiger partial charge is 0.197 e. The van der Waals surface area contributed by atoms with Crippen molar-refractivity contribution >= 4 is 17.6 Å². The maximum Gasteiger partial charge on any atom is 0.197 e. The largest absolute Gasteiger partial charge is 0.383 e. The van der Waals surface area contributed by atoms with E-state index in [1.54, 1.807) is 11.8 Å². The zero-order valence-corrected chi connectivity index (χ0v) is 12.1. The molecule has 0 amide bonds. The van der Waals surface area contributed by atoms with E-state index in [-0.39, 0.29) is 0 Å². The Bertz CT molecular complexity index is 659. The first kappa shape index (κ1) is 12.1. The van der Waals surface area contributed by atoms with Crippen molar-refractivity contribution in [3.8, 4) is 0 Å². The Kier molecular flexibility index (Phi) is 2.70. The van der Waals surface area contributed by atoms with Crippen molar-refractivity contribution in [3.05, 3.63) is 17.7 Å². The topological polar surface area (TPSA) is 82.5 Å². The highest BCUT2D eigenvalue weighted by atomic mass is 32.2. The third-order valence-corrected chi connectivity index (χ3v) is 4.88. The molecule has 2 aromatic rings. The lowest BCUT2D eigenvalue weighted by Crippen LogP contribution is -2.03. The molecule has 0 atom stereocenters. The number of rotatable bonds is 4. The first-order chi connectivity index (χ1) is 9.74. The Labute approximate surface area is 121 Å². The average molecular weight is 288 g/mol. The van der Waals surface area contributed by atoms with Crippen LogP contribution in [0.3, 0.4) is 0 Å². The van der Waals surface area contributed by atoms with Gasteiger partial charge in [-0.2, -0.15) is 0 Å². The molecule has 2 N–H and O–H groups in total. The number of aromatic nitrogens is 5. The molecule has 2 saturated carbocycles. The van der Waals surface area contributed by atoms with Gasteiger partial charge in [0.1, 0.15) is 23.0 Å². The lowest BCUT2D eigenvalue weighted by atomic mass is 10.4. The maximum atomic E-state index is 5.84. The molecule has 2 fully saturated rings. The van der Waals surface area contributed by atoms with Crippen molar-refractivity contribution in [2.24, 2.45) is 0 Å². The van der Waals surface area contributed by atoms with Crippen molar-refractivity contribution in [1.29, 1.82) is 0 Å². The maximum absolute atomic E-state index is 5.84. The van der Waals surface area contributed by atoms with Crippen molar-refractivity contribution in [2.75, 3.05) is 5.73 Å². The van der Waals surface area contributed by atoms with Gasteiger partial charge >= 0.3 is 0 Å². The van der Waals surface area contributed by atoms with E-state index >= 15 is 0 Å². The molecule has 2 heterocycles. The monoisotopic (exact) mass is 288 g/mol. The predicted molar refractivity (Wildman–Crippen MR) is 75.6 cm³/mol. The number of hydrogen-bond donors (Lipinski definition) is 1. The number of hydrogen-bond acceptors (Lipinski definition) is 6. The van der Waals surface area contributed by atoms with Crippen LogP contribution in [0.15, 0.2) is 16.5 Å². The van der Waals surface area contributed by atoms with Crippen LogP contribution < -0.4 is 5.73 Å². The summed E-state index contributed by atoms with van der Waals surface area (Å²) in [5, 5.41) is 10.6. The molecular weight excluding hydrogens is 272 g/mol. The molecule has 104 valence electrons. The number of nitrogen functional groups attached to an aromatic ring is 1. The van der Waals surface area contributed by atoms with Gasteiger partial charge < -0.3 is 10.3 Å². The summed E-state index contributed by atoms with van der Waals surface area (Å²) in [5.74, 6) is 2.31. The van der Waals surface area contributed by atoms with E-state index in [1.807, 2.05) is 6.92 Å². The summed E-state index contributed by atoms with van der Waals surface area (Å²) >= 11 is 1.55. The second-order valence-electron chi connectivity index (χ2n) is 5.51. The summed E-state index contributed by atoms with van der Waals surface area (Å²) < 4.78 is 2.32. The van der Waals surface area contributed by atoms with Gasteiger partial charge in [0, 0.05) is 17.5 Å². The molecule has 0 saturated heterocycles. The van der Waals surface area contributed by atoms with E-state index in [4.69, 9.17) is 5.73 Å². The summed E-state index contributed by atoms with van der Waals surface area (Å²) in [4.78, 5) is 8.32. The second-order valence-corrected chi connectivity index (χ2v) is 6.46. The van der Waals surface area contributed by atoms with Crippen molar-refractivity contribution in [2.45, 2.75) is 54.7 Å². The zero-order chi connectivity index (χ0) is 13.7. The minimum absolute atomic E-state index is 0.530. The first-order valence-electron chi connectivity index (χ1n) is 6.93. The fourth-order valence-corrected chi connectivity index (χ4v) is 3.24. The number of nitrogens with two attached hydrogens (primary N) is 1. The summed E-state index contributed by atoms with van der Waals surface area (Å²) in [7, 11) is 0. The normalized spacial score (nSPS) is 18.4. The summed E-state index contributed by atoms with van der Waals surface area (Å²) in [6.45, 7) is 1.94. The van der Waals surface area contributed by atoms with Crippen LogP contribution in [-0.4, -0.2) is 24.7 Å². The SMILES string of the molecule is Cc1c(N)ncnc1Sc1nnc(C2CC2)n1C1CC1. The van der Waals surface area contributed by atoms with Gasteiger partial charge in [-0.1, -0.05) is 0 Å². The Morgan fingerprint density at radius 1 is 1.20 bits per heavy atom. The minimum atomic E-state index is 0.530. The van der Waals surface area contributed by atoms with Gasteiger partial charge in [0.2, 0.25) is 0 Å². The first-order valence-corrected chi connectivity index (χ1v) is 7.75. The standard InChI is InChI=1S/C13H16N6S/c1-7-10(14)15-6-16-12(7)20-13-18-17-11(8-2-3-8)19(13)9-4-5-9/h6,8-9H,2-5H2,1H3,(H2,14,15,16). The fourth-order valence-electron chi connectivity index (χ4n) is 2.29. The molecular formula is C13H16N6S. The molecule has 0 spiro atoms. The Balaban J connectivity index is 1.70. The molecule has 0 aliphatic heterocycles. The lowest BCUT2D eigenvalue weighted by molar-refractivity contribution is 0.626. The predicted octanol–water partition coefficient (Wildman–Crippen LogP) is 2.32. The lowest BCUT2D eigenvalue weighted by Gasteiger charge is -2.09. The quantitative estimate of drug-likeness (QED) is 0.869. The average Bonchev–Trinajstić information content (AvgIpc) is 3.34.